The third kappa shape index (κ3) is 3.67. The number of carbonyl (C=O) groups is 1. The van der Waals surface area contributed by atoms with Crippen LogP contribution in [0.2, 0.25) is 0 Å². The maximum absolute atomic E-state index is 12.1. The maximum atomic E-state index is 12.1. The summed E-state index contributed by atoms with van der Waals surface area (Å²) in [6, 6.07) is 6.70. The van der Waals surface area contributed by atoms with Crippen LogP contribution in [0.5, 0.6) is 0 Å². The average Bonchev–Trinajstić information content (AvgIpc) is 2.88. The van der Waals surface area contributed by atoms with E-state index in [9.17, 15) is 13.2 Å². The van der Waals surface area contributed by atoms with Gasteiger partial charge in [0.25, 0.3) is 0 Å². The van der Waals surface area contributed by atoms with Crippen LogP contribution in [0.3, 0.4) is 0 Å². The molecule has 112 valence electrons. The summed E-state index contributed by atoms with van der Waals surface area (Å²) >= 11 is 0. The summed E-state index contributed by atoms with van der Waals surface area (Å²) in [5.41, 5.74) is 0.595. The van der Waals surface area contributed by atoms with E-state index in [0.29, 0.717) is 12.1 Å². The summed E-state index contributed by atoms with van der Waals surface area (Å²) in [5.74, 6) is -1.12. The van der Waals surface area contributed by atoms with Crippen molar-refractivity contribution in [2.45, 2.75) is 18.4 Å². The molecule has 0 saturated carbocycles. The van der Waals surface area contributed by atoms with Gasteiger partial charge in [-0.2, -0.15) is 0 Å². The van der Waals surface area contributed by atoms with Gasteiger partial charge in [-0.1, -0.05) is 18.2 Å². The summed E-state index contributed by atoms with van der Waals surface area (Å²) < 4.78 is 28.3. The van der Waals surface area contributed by atoms with Crippen LogP contribution in [-0.2, 0) is 16.6 Å². The Morgan fingerprint density at radius 1 is 1.38 bits per heavy atom. The molecule has 0 unspecified atom stereocenters. The van der Waals surface area contributed by atoms with E-state index in [1.807, 2.05) is 0 Å². The van der Waals surface area contributed by atoms with Gasteiger partial charge < -0.3 is 9.67 Å². The number of nitrogens with one attached hydrogen (secondary N) is 1. The molecule has 1 aromatic heterocycles. The van der Waals surface area contributed by atoms with Gasteiger partial charge in [-0.15, -0.1) is 0 Å². The van der Waals surface area contributed by atoms with Gasteiger partial charge in [-0.3, -0.25) is 0 Å². The Kier molecular flexibility index (Phi) is 4.39. The van der Waals surface area contributed by atoms with Crippen LogP contribution in [0.1, 0.15) is 16.1 Å². The van der Waals surface area contributed by atoms with E-state index in [0.717, 1.165) is 0 Å². The monoisotopic (exact) mass is 309 g/mol. The lowest BCUT2D eigenvalue weighted by atomic mass is 10.2. The van der Waals surface area contributed by atoms with Crippen molar-refractivity contribution >= 4 is 16.0 Å². The normalized spacial score (nSPS) is 11.5. The number of hydrogen-bond donors (Lipinski definition) is 2. The molecule has 0 spiro atoms. The molecular formula is C13H15N3O4S. The molecule has 7 nitrogen and oxygen atoms in total. The van der Waals surface area contributed by atoms with E-state index < -0.39 is 16.0 Å². The van der Waals surface area contributed by atoms with E-state index in [2.05, 4.69) is 9.71 Å². The number of hydrogen-bond acceptors (Lipinski definition) is 4. The average molecular weight is 309 g/mol. The Bertz CT molecular complexity index is 752. The summed E-state index contributed by atoms with van der Waals surface area (Å²) in [5, 5.41) is 8.74. The molecule has 0 aliphatic carbocycles. The molecule has 2 N–H and O–H groups in total. The predicted octanol–water partition coefficient (Wildman–Crippen LogP) is 0.868. The maximum Gasteiger partial charge on any atom is 0.356 e. The molecule has 2 rings (SSSR count). The van der Waals surface area contributed by atoms with Crippen LogP contribution in [0, 0.1) is 6.92 Å². The Hall–Kier alpha value is -2.19. The third-order valence-electron chi connectivity index (χ3n) is 2.90. The van der Waals surface area contributed by atoms with Crippen molar-refractivity contribution in [2.75, 3.05) is 6.54 Å². The summed E-state index contributed by atoms with van der Waals surface area (Å²) in [6.07, 6.45) is 2.70. The standard InChI is InChI=1S/C13H15N3O4S/c1-10-4-2-3-5-12(10)21(19,20)15-6-7-16-8-11(13(17)18)14-9-16/h2-5,8-9,15H,6-7H2,1H3,(H,17,18). The number of carboxylic acid groups (broad SMARTS) is 1. The fourth-order valence-corrected chi connectivity index (χ4v) is 3.10. The second kappa shape index (κ2) is 6.06. The van der Waals surface area contributed by atoms with Crippen LogP contribution < -0.4 is 4.72 Å². The van der Waals surface area contributed by atoms with Crippen LogP contribution >= 0.6 is 0 Å². The number of nitrogens with zero attached hydrogens (tertiary/aromatic N) is 2. The SMILES string of the molecule is Cc1ccccc1S(=O)(=O)NCCn1cnc(C(=O)O)c1. The number of imidazole rings is 1. The van der Waals surface area contributed by atoms with Gasteiger partial charge in [-0.25, -0.2) is 22.9 Å². The zero-order valence-corrected chi connectivity index (χ0v) is 12.2. The number of aryl methyl sites for hydroxylation is 1. The number of carboxylic acids is 1. The van der Waals surface area contributed by atoms with E-state index in [1.54, 1.807) is 25.1 Å². The van der Waals surface area contributed by atoms with E-state index >= 15 is 0 Å². The second-order valence-corrected chi connectivity index (χ2v) is 6.20. The lowest BCUT2D eigenvalue weighted by Gasteiger charge is -2.09. The second-order valence-electron chi connectivity index (χ2n) is 4.47. The van der Waals surface area contributed by atoms with Crippen molar-refractivity contribution in [1.29, 1.82) is 0 Å². The molecule has 2 aromatic rings. The minimum absolute atomic E-state index is 0.0724. The lowest BCUT2D eigenvalue weighted by molar-refractivity contribution is 0.0691. The van der Waals surface area contributed by atoms with Gasteiger partial charge in [0.2, 0.25) is 10.0 Å². The molecular weight excluding hydrogens is 294 g/mol. The zero-order valence-electron chi connectivity index (χ0n) is 11.4. The Labute approximate surface area is 122 Å². The number of aromatic carboxylic acids is 1. The molecule has 0 aliphatic rings. The Balaban J connectivity index is 1.99. The van der Waals surface area contributed by atoms with Crippen LogP contribution in [-0.4, -0.2) is 35.6 Å². The summed E-state index contributed by atoms with van der Waals surface area (Å²) in [6.45, 7) is 2.17. The summed E-state index contributed by atoms with van der Waals surface area (Å²) in [4.78, 5) is 14.6. The van der Waals surface area contributed by atoms with Gasteiger partial charge in [0.1, 0.15) is 0 Å². The van der Waals surface area contributed by atoms with Crippen LogP contribution in [0.15, 0.2) is 41.7 Å². The van der Waals surface area contributed by atoms with Gasteiger partial charge in [0, 0.05) is 19.3 Å². The van der Waals surface area contributed by atoms with Crippen molar-refractivity contribution in [2.24, 2.45) is 0 Å². The first kappa shape index (κ1) is 15.2. The fourth-order valence-electron chi connectivity index (χ4n) is 1.84. The number of rotatable bonds is 6. The van der Waals surface area contributed by atoms with E-state index in [-0.39, 0.29) is 17.1 Å². The van der Waals surface area contributed by atoms with Crippen molar-refractivity contribution < 1.29 is 18.3 Å². The highest BCUT2D eigenvalue weighted by Crippen LogP contribution is 2.13. The molecule has 1 aromatic carbocycles. The highest BCUT2D eigenvalue weighted by atomic mass is 32.2. The number of aromatic nitrogens is 2. The number of sulfonamides is 1. The first-order valence-corrected chi connectivity index (χ1v) is 7.69. The van der Waals surface area contributed by atoms with Gasteiger partial charge in [0.05, 0.1) is 11.2 Å². The molecule has 8 heteroatoms. The highest BCUT2D eigenvalue weighted by Gasteiger charge is 2.15. The van der Waals surface area contributed by atoms with Crippen LogP contribution in [0.4, 0.5) is 0 Å². The van der Waals surface area contributed by atoms with Crippen molar-refractivity contribution in [1.82, 2.24) is 14.3 Å². The number of benzene rings is 1. The molecule has 0 radical (unpaired) electrons. The molecule has 21 heavy (non-hydrogen) atoms. The minimum atomic E-state index is -3.57. The van der Waals surface area contributed by atoms with Gasteiger partial charge in [0.15, 0.2) is 5.69 Å². The molecule has 0 bridgehead atoms. The Morgan fingerprint density at radius 3 is 2.71 bits per heavy atom. The topological polar surface area (TPSA) is 101 Å². The first-order valence-electron chi connectivity index (χ1n) is 6.20. The third-order valence-corrected chi connectivity index (χ3v) is 4.52. The van der Waals surface area contributed by atoms with Crippen molar-refractivity contribution in [3.05, 3.63) is 48.0 Å². The highest BCUT2D eigenvalue weighted by molar-refractivity contribution is 7.89. The molecule has 0 saturated heterocycles. The zero-order chi connectivity index (χ0) is 15.5. The van der Waals surface area contributed by atoms with Crippen molar-refractivity contribution in [3.63, 3.8) is 0 Å². The van der Waals surface area contributed by atoms with Crippen LogP contribution in [0.25, 0.3) is 0 Å². The largest absolute Gasteiger partial charge is 0.476 e. The van der Waals surface area contributed by atoms with Gasteiger partial charge >= 0.3 is 5.97 Å². The molecule has 0 aliphatic heterocycles. The lowest BCUT2D eigenvalue weighted by Crippen LogP contribution is -2.27. The van der Waals surface area contributed by atoms with Crippen molar-refractivity contribution in [3.8, 4) is 0 Å². The fraction of sp³-hybridized carbons (Fsp3) is 0.231. The van der Waals surface area contributed by atoms with E-state index in [4.69, 9.17) is 5.11 Å². The molecule has 1 heterocycles. The summed E-state index contributed by atoms with van der Waals surface area (Å²) in [7, 11) is -3.57. The minimum Gasteiger partial charge on any atom is -0.476 e. The van der Waals surface area contributed by atoms with Gasteiger partial charge in [-0.05, 0) is 18.6 Å². The Morgan fingerprint density at radius 2 is 2.10 bits per heavy atom. The first-order chi connectivity index (χ1) is 9.90. The molecule has 0 fully saturated rings. The smallest absolute Gasteiger partial charge is 0.356 e. The molecule has 0 atom stereocenters. The van der Waals surface area contributed by atoms with E-state index in [1.165, 1.54) is 23.2 Å². The predicted molar refractivity (Wildman–Crippen MR) is 75.6 cm³/mol. The quantitative estimate of drug-likeness (QED) is 0.824. The molecule has 0 amide bonds.